The van der Waals surface area contributed by atoms with E-state index >= 15 is 0 Å². The highest BCUT2D eigenvalue weighted by Gasteiger charge is 2.13. The lowest BCUT2D eigenvalue weighted by Crippen LogP contribution is -2.10. The third-order valence-corrected chi connectivity index (χ3v) is 3.27. The highest BCUT2D eigenvalue weighted by molar-refractivity contribution is 6.30. The standard InChI is InChI=1S/C16H10ClFO3/c17-12-6-5-11(8-13(12)18)20-9-14(19)16-7-10-3-1-2-4-15(10)21-16/h1-8H,9H2. The van der Waals surface area contributed by atoms with Crippen molar-refractivity contribution in [3.63, 3.8) is 0 Å². The van der Waals surface area contributed by atoms with Crippen LogP contribution in [0.4, 0.5) is 4.39 Å². The molecule has 0 amide bonds. The Balaban J connectivity index is 1.72. The van der Waals surface area contributed by atoms with Gasteiger partial charge in [-0.3, -0.25) is 4.79 Å². The third-order valence-electron chi connectivity index (χ3n) is 2.96. The molecule has 0 aliphatic heterocycles. The first-order valence-corrected chi connectivity index (χ1v) is 6.61. The van der Waals surface area contributed by atoms with Crippen LogP contribution in [-0.2, 0) is 0 Å². The molecule has 5 heteroatoms. The zero-order chi connectivity index (χ0) is 14.8. The average molecular weight is 305 g/mol. The number of hydrogen-bond acceptors (Lipinski definition) is 3. The van der Waals surface area contributed by atoms with E-state index in [0.29, 0.717) is 5.58 Å². The molecule has 106 valence electrons. The van der Waals surface area contributed by atoms with Gasteiger partial charge < -0.3 is 9.15 Å². The molecule has 1 heterocycles. The molecule has 0 aliphatic carbocycles. The van der Waals surface area contributed by atoms with Crippen LogP contribution in [0.25, 0.3) is 11.0 Å². The van der Waals surface area contributed by atoms with Crippen molar-refractivity contribution < 1.29 is 18.3 Å². The highest BCUT2D eigenvalue weighted by atomic mass is 35.5. The highest BCUT2D eigenvalue weighted by Crippen LogP contribution is 2.22. The molecule has 0 unspecified atom stereocenters. The minimum Gasteiger partial charge on any atom is -0.485 e. The maximum atomic E-state index is 13.3. The van der Waals surface area contributed by atoms with Crippen LogP contribution in [0.1, 0.15) is 10.6 Å². The van der Waals surface area contributed by atoms with Crippen molar-refractivity contribution in [2.75, 3.05) is 6.61 Å². The summed E-state index contributed by atoms with van der Waals surface area (Å²) < 4.78 is 23.9. The van der Waals surface area contributed by atoms with Crippen LogP contribution >= 0.6 is 11.6 Å². The molecule has 21 heavy (non-hydrogen) atoms. The Labute approximate surface area is 124 Å². The first-order chi connectivity index (χ1) is 10.1. The summed E-state index contributed by atoms with van der Waals surface area (Å²) in [6, 6.07) is 13.0. The van der Waals surface area contributed by atoms with Gasteiger partial charge in [0.25, 0.3) is 0 Å². The smallest absolute Gasteiger partial charge is 0.235 e. The second kappa shape index (κ2) is 5.58. The molecule has 2 aromatic carbocycles. The number of benzene rings is 2. The molecule has 0 fully saturated rings. The molecule has 0 bridgehead atoms. The Morgan fingerprint density at radius 3 is 2.76 bits per heavy atom. The summed E-state index contributed by atoms with van der Waals surface area (Å²) >= 11 is 5.57. The number of rotatable bonds is 4. The van der Waals surface area contributed by atoms with Crippen molar-refractivity contribution in [1.82, 2.24) is 0 Å². The van der Waals surface area contributed by atoms with Crippen molar-refractivity contribution in [3.05, 3.63) is 65.1 Å². The predicted octanol–water partition coefficient (Wildman–Crippen LogP) is 4.49. The van der Waals surface area contributed by atoms with Crippen LogP contribution in [0.5, 0.6) is 5.75 Å². The third kappa shape index (κ3) is 2.90. The first-order valence-electron chi connectivity index (χ1n) is 6.23. The van der Waals surface area contributed by atoms with E-state index in [1.807, 2.05) is 18.2 Å². The molecule has 0 N–H and O–H groups in total. The second-order valence-electron chi connectivity index (χ2n) is 4.44. The van der Waals surface area contributed by atoms with Gasteiger partial charge in [0, 0.05) is 11.5 Å². The fraction of sp³-hybridized carbons (Fsp3) is 0.0625. The monoisotopic (exact) mass is 304 g/mol. The van der Waals surface area contributed by atoms with E-state index in [1.54, 1.807) is 12.1 Å². The van der Waals surface area contributed by atoms with Crippen LogP contribution in [0.3, 0.4) is 0 Å². The van der Waals surface area contributed by atoms with E-state index in [9.17, 15) is 9.18 Å². The molecule has 3 rings (SSSR count). The van der Waals surface area contributed by atoms with E-state index in [0.717, 1.165) is 11.5 Å². The van der Waals surface area contributed by atoms with Crippen molar-refractivity contribution in [2.24, 2.45) is 0 Å². The molecule has 0 radical (unpaired) electrons. The molecule has 1 aromatic heterocycles. The number of furan rings is 1. The van der Waals surface area contributed by atoms with E-state index in [2.05, 4.69) is 0 Å². The molecule has 0 saturated carbocycles. The van der Waals surface area contributed by atoms with Crippen LogP contribution in [-0.4, -0.2) is 12.4 Å². The molecule has 0 spiro atoms. The van der Waals surface area contributed by atoms with Crippen molar-refractivity contribution >= 4 is 28.4 Å². The largest absolute Gasteiger partial charge is 0.485 e. The minimum absolute atomic E-state index is 0.00552. The van der Waals surface area contributed by atoms with Crippen molar-refractivity contribution in [1.29, 1.82) is 0 Å². The number of halogens is 2. The van der Waals surface area contributed by atoms with Gasteiger partial charge in [0.05, 0.1) is 5.02 Å². The van der Waals surface area contributed by atoms with Crippen LogP contribution in [0, 0.1) is 5.82 Å². The summed E-state index contributed by atoms with van der Waals surface area (Å²) in [5.41, 5.74) is 0.637. The number of ether oxygens (including phenoxy) is 1. The molecule has 3 nitrogen and oxygen atoms in total. The van der Waals surface area contributed by atoms with Gasteiger partial charge in [-0.15, -0.1) is 0 Å². The number of hydrogen-bond donors (Lipinski definition) is 0. The quantitative estimate of drug-likeness (QED) is 0.667. The second-order valence-corrected chi connectivity index (χ2v) is 4.84. The normalized spacial score (nSPS) is 10.8. The van der Waals surface area contributed by atoms with Crippen LogP contribution in [0.15, 0.2) is 52.9 Å². The molecule has 0 atom stereocenters. The molecule has 3 aromatic rings. The van der Waals surface area contributed by atoms with Gasteiger partial charge >= 0.3 is 0 Å². The number of Topliss-reactive ketones (excluding diaryl/α,β-unsaturated/α-hetero) is 1. The van der Waals surface area contributed by atoms with Crippen LogP contribution < -0.4 is 4.74 Å². The number of fused-ring (bicyclic) bond motifs is 1. The maximum Gasteiger partial charge on any atom is 0.235 e. The van der Waals surface area contributed by atoms with Crippen molar-refractivity contribution in [3.8, 4) is 5.75 Å². The summed E-state index contributed by atoms with van der Waals surface area (Å²) in [5, 5.41) is 0.851. The molecule has 0 saturated heterocycles. The van der Waals surface area contributed by atoms with E-state index in [1.165, 1.54) is 12.1 Å². The number of para-hydroxylation sites is 1. The Bertz CT molecular complexity index is 777. The van der Waals surface area contributed by atoms with Gasteiger partial charge in [-0.2, -0.15) is 0 Å². The number of ketones is 1. The predicted molar refractivity (Wildman–Crippen MR) is 77.4 cm³/mol. The zero-order valence-electron chi connectivity index (χ0n) is 10.8. The first kappa shape index (κ1) is 13.6. The fourth-order valence-corrected chi connectivity index (χ4v) is 2.02. The van der Waals surface area contributed by atoms with Gasteiger partial charge in [-0.1, -0.05) is 29.8 Å². The number of carbonyl (C=O) groups excluding carboxylic acids is 1. The van der Waals surface area contributed by atoms with E-state index in [4.69, 9.17) is 20.8 Å². The van der Waals surface area contributed by atoms with Gasteiger partial charge in [-0.05, 0) is 24.3 Å². The Hall–Kier alpha value is -2.33. The van der Waals surface area contributed by atoms with Gasteiger partial charge in [0.1, 0.15) is 17.1 Å². The zero-order valence-corrected chi connectivity index (χ0v) is 11.6. The van der Waals surface area contributed by atoms with E-state index in [-0.39, 0.29) is 28.9 Å². The molecular formula is C16H10ClFO3. The Morgan fingerprint density at radius 2 is 2.00 bits per heavy atom. The van der Waals surface area contributed by atoms with Gasteiger partial charge in [0.2, 0.25) is 5.78 Å². The summed E-state index contributed by atoms with van der Waals surface area (Å²) in [6.07, 6.45) is 0. The summed E-state index contributed by atoms with van der Waals surface area (Å²) in [4.78, 5) is 12.0. The lowest BCUT2D eigenvalue weighted by Gasteiger charge is -2.04. The lowest BCUT2D eigenvalue weighted by molar-refractivity contribution is 0.0895. The lowest BCUT2D eigenvalue weighted by atomic mass is 10.2. The van der Waals surface area contributed by atoms with Gasteiger partial charge in [-0.25, -0.2) is 4.39 Å². The topological polar surface area (TPSA) is 39.4 Å². The minimum atomic E-state index is -0.592. The molecular weight excluding hydrogens is 295 g/mol. The Kier molecular flexibility index (Phi) is 3.62. The van der Waals surface area contributed by atoms with E-state index < -0.39 is 5.82 Å². The van der Waals surface area contributed by atoms with Gasteiger partial charge in [0.15, 0.2) is 12.4 Å². The SMILES string of the molecule is O=C(COc1ccc(Cl)c(F)c1)c1cc2ccccc2o1. The van der Waals surface area contributed by atoms with Crippen LogP contribution in [0.2, 0.25) is 5.02 Å². The summed E-state index contributed by atoms with van der Waals surface area (Å²) in [7, 11) is 0. The number of carbonyl (C=O) groups is 1. The summed E-state index contributed by atoms with van der Waals surface area (Å²) in [6.45, 7) is -0.235. The summed E-state index contributed by atoms with van der Waals surface area (Å²) in [5.74, 6) is -0.459. The average Bonchev–Trinajstić information content (AvgIpc) is 2.92. The molecule has 0 aliphatic rings. The Morgan fingerprint density at radius 1 is 1.19 bits per heavy atom. The fourth-order valence-electron chi connectivity index (χ4n) is 1.91. The maximum absolute atomic E-state index is 13.3. The van der Waals surface area contributed by atoms with Crippen molar-refractivity contribution in [2.45, 2.75) is 0 Å².